The second kappa shape index (κ2) is 6.92. The van der Waals surface area contributed by atoms with E-state index in [1.165, 1.54) is 6.07 Å². The number of carbonyl (C=O) groups is 1. The molecule has 0 aromatic heterocycles. The highest BCUT2D eigenvalue weighted by atomic mass is 16.6. The first-order chi connectivity index (χ1) is 9.69. The Kier molecular flexibility index (Phi) is 5.52. The van der Waals surface area contributed by atoms with Crippen molar-refractivity contribution in [1.82, 2.24) is 5.32 Å². The lowest BCUT2D eigenvalue weighted by Gasteiger charge is -2.19. The summed E-state index contributed by atoms with van der Waals surface area (Å²) in [5, 5.41) is 16.5. The number of amides is 1. The molecule has 1 rings (SSSR count). The third-order valence-electron chi connectivity index (χ3n) is 2.46. The Morgan fingerprint density at radius 2 is 2.00 bits per heavy atom. The molecule has 0 aliphatic carbocycles. The fourth-order valence-corrected chi connectivity index (χ4v) is 1.62. The number of nitrogens with one attached hydrogen (secondary N) is 2. The van der Waals surface area contributed by atoms with Crippen LogP contribution < -0.4 is 10.6 Å². The zero-order valence-electron chi connectivity index (χ0n) is 12.7. The van der Waals surface area contributed by atoms with Crippen molar-refractivity contribution in [2.75, 3.05) is 18.4 Å². The number of nitro groups is 1. The molecular formula is C14H21N3O4. The van der Waals surface area contributed by atoms with Gasteiger partial charge in [0.05, 0.1) is 4.92 Å². The maximum absolute atomic E-state index is 11.4. The SMILES string of the molecule is Cc1ccc(NCCNC(=O)OC(C)(C)C)c([N+](=O)[O-])c1. The van der Waals surface area contributed by atoms with Crippen LogP contribution in [0.1, 0.15) is 26.3 Å². The van der Waals surface area contributed by atoms with Crippen molar-refractivity contribution in [3.63, 3.8) is 0 Å². The van der Waals surface area contributed by atoms with Crippen molar-refractivity contribution < 1.29 is 14.5 Å². The molecule has 116 valence electrons. The molecule has 7 nitrogen and oxygen atoms in total. The van der Waals surface area contributed by atoms with Gasteiger partial charge in [0.25, 0.3) is 5.69 Å². The standard InChI is InChI=1S/C14H21N3O4/c1-10-5-6-11(12(9-10)17(19)20)15-7-8-16-13(18)21-14(2,3)4/h5-6,9,15H,7-8H2,1-4H3,(H,16,18). The summed E-state index contributed by atoms with van der Waals surface area (Å²) < 4.78 is 5.08. The van der Waals surface area contributed by atoms with Crippen LogP contribution in [0.4, 0.5) is 16.2 Å². The van der Waals surface area contributed by atoms with Crippen molar-refractivity contribution in [2.24, 2.45) is 0 Å². The molecule has 0 atom stereocenters. The van der Waals surface area contributed by atoms with Gasteiger partial charge in [-0.15, -0.1) is 0 Å². The minimum absolute atomic E-state index is 0.0206. The van der Waals surface area contributed by atoms with E-state index >= 15 is 0 Å². The highest BCUT2D eigenvalue weighted by Gasteiger charge is 2.16. The van der Waals surface area contributed by atoms with Crippen LogP contribution in [0.5, 0.6) is 0 Å². The number of ether oxygens (including phenoxy) is 1. The van der Waals surface area contributed by atoms with Gasteiger partial charge >= 0.3 is 6.09 Å². The van der Waals surface area contributed by atoms with Gasteiger partial charge in [-0.05, 0) is 39.3 Å². The molecule has 0 bridgehead atoms. The molecule has 0 aliphatic rings. The topological polar surface area (TPSA) is 93.5 Å². The van der Waals surface area contributed by atoms with Gasteiger partial charge in [-0.25, -0.2) is 4.79 Å². The van der Waals surface area contributed by atoms with E-state index in [1.54, 1.807) is 39.8 Å². The average Bonchev–Trinajstić information content (AvgIpc) is 2.33. The molecular weight excluding hydrogens is 274 g/mol. The van der Waals surface area contributed by atoms with E-state index in [4.69, 9.17) is 4.74 Å². The van der Waals surface area contributed by atoms with Crippen molar-refractivity contribution in [3.05, 3.63) is 33.9 Å². The maximum atomic E-state index is 11.4. The molecule has 7 heteroatoms. The lowest BCUT2D eigenvalue weighted by atomic mass is 10.2. The Bertz CT molecular complexity index is 523. The van der Waals surface area contributed by atoms with Gasteiger partial charge in [-0.2, -0.15) is 0 Å². The number of nitro benzene ring substituents is 1. The predicted octanol–water partition coefficient (Wildman–Crippen LogP) is 2.84. The second-order valence-electron chi connectivity index (χ2n) is 5.63. The van der Waals surface area contributed by atoms with Crippen molar-refractivity contribution >= 4 is 17.5 Å². The average molecular weight is 295 g/mol. The number of aryl methyl sites for hydroxylation is 1. The molecule has 0 fully saturated rings. The predicted molar refractivity (Wildman–Crippen MR) is 80.6 cm³/mol. The molecule has 1 aromatic rings. The number of anilines is 1. The number of alkyl carbamates (subject to hydrolysis) is 1. The summed E-state index contributed by atoms with van der Waals surface area (Å²) in [5.41, 5.74) is 0.718. The van der Waals surface area contributed by atoms with E-state index in [0.29, 0.717) is 18.8 Å². The summed E-state index contributed by atoms with van der Waals surface area (Å²) in [6.07, 6.45) is -0.511. The summed E-state index contributed by atoms with van der Waals surface area (Å²) in [6, 6.07) is 4.95. The third-order valence-corrected chi connectivity index (χ3v) is 2.46. The zero-order valence-corrected chi connectivity index (χ0v) is 12.7. The first-order valence-electron chi connectivity index (χ1n) is 6.65. The summed E-state index contributed by atoms with van der Waals surface area (Å²) in [6.45, 7) is 7.80. The van der Waals surface area contributed by atoms with Gasteiger partial charge in [-0.1, -0.05) is 6.07 Å². The number of rotatable bonds is 5. The molecule has 0 heterocycles. The summed E-state index contributed by atoms with van der Waals surface area (Å²) >= 11 is 0. The second-order valence-corrected chi connectivity index (χ2v) is 5.63. The lowest BCUT2D eigenvalue weighted by Crippen LogP contribution is -2.35. The van der Waals surface area contributed by atoms with E-state index in [0.717, 1.165) is 5.56 Å². The molecule has 0 saturated heterocycles. The van der Waals surface area contributed by atoms with E-state index in [2.05, 4.69) is 10.6 Å². The Balaban J connectivity index is 2.47. The van der Waals surface area contributed by atoms with E-state index in [1.807, 2.05) is 0 Å². The molecule has 0 aliphatic heterocycles. The van der Waals surface area contributed by atoms with Gasteiger partial charge in [0.1, 0.15) is 11.3 Å². The highest BCUT2D eigenvalue weighted by Crippen LogP contribution is 2.24. The molecule has 0 radical (unpaired) electrons. The molecule has 0 saturated carbocycles. The third kappa shape index (κ3) is 6.11. The number of benzene rings is 1. The smallest absolute Gasteiger partial charge is 0.407 e. The van der Waals surface area contributed by atoms with Gasteiger partial charge < -0.3 is 15.4 Å². The molecule has 0 unspecified atom stereocenters. The Hall–Kier alpha value is -2.31. The minimum Gasteiger partial charge on any atom is -0.444 e. The van der Waals surface area contributed by atoms with Gasteiger partial charge in [-0.3, -0.25) is 10.1 Å². The quantitative estimate of drug-likeness (QED) is 0.495. The summed E-state index contributed by atoms with van der Waals surface area (Å²) in [5.74, 6) is 0. The van der Waals surface area contributed by atoms with Crippen LogP contribution in [0.2, 0.25) is 0 Å². The molecule has 0 spiro atoms. The number of hydrogen-bond acceptors (Lipinski definition) is 5. The minimum atomic E-state index is -0.548. The molecule has 1 amide bonds. The summed E-state index contributed by atoms with van der Waals surface area (Å²) in [7, 11) is 0. The van der Waals surface area contributed by atoms with Crippen molar-refractivity contribution in [2.45, 2.75) is 33.3 Å². The van der Waals surface area contributed by atoms with Crippen molar-refractivity contribution in [1.29, 1.82) is 0 Å². The maximum Gasteiger partial charge on any atom is 0.407 e. The van der Waals surface area contributed by atoms with Crippen LogP contribution in [-0.4, -0.2) is 29.7 Å². The Morgan fingerprint density at radius 1 is 1.33 bits per heavy atom. The number of carbonyl (C=O) groups excluding carboxylic acids is 1. The van der Waals surface area contributed by atoms with Gasteiger partial charge in [0, 0.05) is 19.2 Å². The Labute approximate surface area is 123 Å². The highest BCUT2D eigenvalue weighted by molar-refractivity contribution is 5.68. The fourth-order valence-electron chi connectivity index (χ4n) is 1.62. The van der Waals surface area contributed by atoms with E-state index in [-0.39, 0.29) is 5.69 Å². The Morgan fingerprint density at radius 3 is 2.57 bits per heavy atom. The van der Waals surface area contributed by atoms with Crippen molar-refractivity contribution in [3.8, 4) is 0 Å². The summed E-state index contributed by atoms with van der Waals surface area (Å²) in [4.78, 5) is 21.9. The first-order valence-corrected chi connectivity index (χ1v) is 6.65. The normalized spacial score (nSPS) is 10.9. The largest absolute Gasteiger partial charge is 0.444 e. The van der Waals surface area contributed by atoms with E-state index in [9.17, 15) is 14.9 Å². The van der Waals surface area contributed by atoms with E-state index < -0.39 is 16.6 Å². The number of nitrogens with zero attached hydrogens (tertiary/aromatic N) is 1. The number of hydrogen-bond donors (Lipinski definition) is 2. The first kappa shape index (κ1) is 16.7. The lowest BCUT2D eigenvalue weighted by molar-refractivity contribution is -0.384. The van der Waals surface area contributed by atoms with Crippen LogP contribution >= 0.6 is 0 Å². The van der Waals surface area contributed by atoms with Crippen LogP contribution in [0, 0.1) is 17.0 Å². The molecule has 2 N–H and O–H groups in total. The van der Waals surface area contributed by atoms with Gasteiger partial charge in [0.2, 0.25) is 0 Å². The fraction of sp³-hybridized carbons (Fsp3) is 0.500. The van der Waals surface area contributed by atoms with Crippen LogP contribution in [0.25, 0.3) is 0 Å². The van der Waals surface area contributed by atoms with Crippen LogP contribution in [0.3, 0.4) is 0 Å². The molecule has 1 aromatic carbocycles. The van der Waals surface area contributed by atoms with Crippen LogP contribution in [0.15, 0.2) is 18.2 Å². The van der Waals surface area contributed by atoms with Crippen LogP contribution in [-0.2, 0) is 4.74 Å². The van der Waals surface area contributed by atoms with Gasteiger partial charge in [0.15, 0.2) is 0 Å². The monoisotopic (exact) mass is 295 g/mol. The zero-order chi connectivity index (χ0) is 16.0. The molecule has 21 heavy (non-hydrogen) atoms.